The number of aryl methyl sites for hydroxylation is 1. The van der Waals surface area contributed by atoms with Crippen LogP contribution in [0.3, 0.4) is 0 Å². The van der Waals surface area contributed by atoms with Gasteiger partial charge < -0.3 is 4.98 Å². The van der Waals surface area contributed by atoms with Gasteiger partial charge >= 0.3 is 0 Å². The molecule has 0 amide bonds. The van der Waals surface area contributed by atoms with Gasteiger partial charge in [-0.25, -0.2) is 0 Å². The summed E-state index contributed by atoms with van der Waals surface area (Å²) >= 11 is 13.4. The molecule has 0 aliphatic carbocycles. The Kier molecular flexibility index (Phi) is 6.42. The number of fused-ring (bicyclic) bond motifs is 1. The number of carbonyl (C=O) groups excluding carboxylic acids is 1. The zero-order valence-electron chi connectivity index (χ0n) is 16.4. The number of ketones is 1. The van der Waals surface area contributed by atoms with Crippen molar-refractivity contribution in [2.45, 2.75) is 16.6 Å². The fraction of sp³-hybridized carbons (Fsp3) is 0.125. The molecule has 0 saturated heterocycles. The van der Waals surface area contributed by atoms with Crippen molar-refractivity contribution in [2.24, 2.45) is 0 Å². The van der Waals surface area contributed by atoms with Crippen LogP contribution in [0.1, 0.15) is 26.4 Å². The van der Waals surface area contributed by atoms with Crippen LogP contribution >= 0.6 is 43.5 Å². The van der Waals surface area contributed by atoms with Gasteiger partial charge in [-0.05, 0) is 48.4 Å². The van der Waals surface area contributed by atoms with Gasteiger partial charge in [0.05, 0.1) is 20.9 Å². The number of pyridine rings is 2. The Bertz CT molecular complexity index is 1340. The standard InChI is InChI=1S/C24H17Br2ClN2O2/c1-13-9-10-28-18(11-13)21(25)22(26)23(30)20-19(14-5-3-2-4-6-14)16-12-15(27)7-8-17(16)29-24(20)31/h2-12,21-22H,1H3,(H,29,31). The van der Waals surface area contributed by atoms with E-state index >= 15 is 0 Å². The van der Waals surface area contributed by atoms with Gasteiger partial charge in [0.25, 0.3) is 5.56 Å². The molecular formula is C24H17Br2ClN2O2. The number of nitrogens with one attached hydrogen (secondary N) is 1. The van der Waals surface area contributed by atoms with Crippen molar-refractivity contribution in [3.05, 3.63) is 99.1 Å². The molecule has 31 heavy (non-hydrogen) atoms. The van der Waals surface area contributed by atoms with Crippen LogP contribution in [-0.2, 0) is 0 Å². The van der Waals surface area contributed by atoms with Gasteiger partial charge in [0.2, 0.25) is 0 Å². The summed E-state index contributed by atoms with van der Waals surface area (Å²) in [6.45, 7) is 1.96. The number of nitrogens with zero attached hydrogens (tertiary/aromatic N) is 1. The first-order valence-electron chi connectivity index (χ1n) is 9.52. The number of benzene rings is 2. The highest BCUT2D eigenvalue weighted by Crippen LogP contribution is 2.36. The van der Waals surface area contributed by atoms with Crippen LogP contribution in [-0.4, -0.2) is 20.6 Å². The second-order valence-electron chi connectivity index (χ2n) is 7.19. The van der Waals surface area contributed by atoms with Crippen LogP contribution in [0.15, 0.2) is 71.7 Å². The molecule has 0 saturated carbocycles. The molecule has 2 atom stereocenters. The lowest BCUT2D eigenvalue weighted by atomic mass is 9.92. The van der Waals surface area contributed by atoms with Gasteiger partial charge in [-0.15, -0.1) is 0 Å². The third-order valence-corrected chi connectivity index (χ3v) is 7.90. The van der Waals surface area contributed by atoms with Crippen molar-refractivity contribution in [1.82, 2.24) is 9.97 Å². The van der Waals surface area contributed by atoms with E-state index in [4.69, 9.17) is 11.6 Å². The molecule has 1 N–H and O–H groups in total. The maximum Gasteiger partial charge on any atom is 0.259 e. The van der Waals surface area contributed by atoms with Crippen molar-refractivity contribution in [1.29, 1.82) is 0 Å². The number of alkyl halides is 2. The van der Waals surface area contributed by atoms with E-state index in [0.717, 1.165) is 11.1 Å². The summed E-state index contributed by atoms with van der Waals surface area (Å²) in [6.07, 6.45) is 1.70. The average Bonchev–Trinajstić information content (AvgIpc) is 2.77. The van der Waals surface area contributed by atoms with Gasteiger partial charge in [-0.3, -0.25) is 14.6 Å². The van der Waals surface area contributed by atoms with Crippen LogP contribution in [0, 0.1) is 6.92 Å². The van der Waals surface area contributed by atoms with Crippen molar-refractivity contribution >= 4 is 60.1 Å². The van der Waals surface area contributed by atoms with Crippen LogP contribution in [0.4, 0.5) is 0 Å². The summed E-state index contributed by atoms with van der Waals surface area (Å²) in [7, 11) is 0. The molecule has 0 spiro atoms. The molecule has 4 nitrogen and oxygen atoms in total. The SMILES string of the molecule is Cc1ccnc(C(Br)C(Br)C(=O)c2c(-c3ccccc3)c3cc(Cl)ccc3[nH]c2=O)c1. The highest BCUT2D eigenvalue weighted by molar-refractivity contribution is 9.12. The predicted octanol–water partition coefficient (Wildman–Crippen LogP) is 6.63. The number of carbonyl (C=O) groups is 1. The average molecular weight is 561 g/mol. The summed E-state index contributed by atoms with van der Waals surface area (Å²) in [6, 6.07) is 18.4. The fourth-order valence-electron chi connectivity index (χ4n) is 3.54. The third kappa shape index (κ3) is 4.38. The first kappa shape index (κ1) is 21.9. The van der Waals surface area contributed by atoms with Crippen molar-refractivity contribution in [3.8, 4) is 11.1 Å². The number of hydrogen-bond acceptors (Lipinski definition) is 3. The summed E-state index contributed by atoms with van der Waals surface area (Å²) in [5, 5.41) is 1.23. The quantitative estimate of drug-likeness (QED) is 0.220. The molecule has 0 aliphatic heterocycles. The van der Waals surface area contributed by atoms with E-state index in [9.17, 15) is 9.59 Å². The first-order chi connectivity index (χ1) is 14.9. The van der Waals surface area contributed by atoms with E-state index in [1.165, 1.54) is 0 Å². The highest BCUT2D eigenvalue weighted by atomic mass is 79.9. The molecule has 2 unspecified atom stereocenters. The molecular weight excluding hydrogens is 544 g/mol. The summed E-state index contributed by atoms with van der Waals surface area (Å²) < 4.78 is 0. The summed E-state index contributed by atoms with van der Waals surface area (Å²) in [5.74, 6) is -0.341. The number of H-pyrrole nitrogens is 1. The van der Waals surface area contributed by atoms with Crippen LogP contribution in [0.25, 0.3) is 22.0 Å². The lowest BCUT2D eigenvalue weighted by Gasteiger charge is -2.18. The number of Topliss-reactive ketones (excluding diaryl/α,β-unsaturated/α-hetero) is 1. The molecule has 0 bridgehead atoms. The van der Waals surface area contributed by atoms with Crippen molar-refractivity contribution in [3.63, 3.8) is 0 Å². The van der Waals surface area contributed by atoms with Crippen LogP contribution < -0.4 is 5.56 Å². The predicted molar refractivity (Wildman–Crippen MR) is 133 cm³/mol. The Labute approximate surface area is 200 Å². The van der Waals surface area contributed by atoms with Gasteiger partial charge in [0.1, 0.15) is 0 Å². The van der Waals surface area contributed by atoms with E-state index in [0.29, 0.717) is 27.2 Å². The van der Waals surface area contributed by atoms with Crippen LogP contribution in [0.5, 0.6) is 0 Å². The number of aromatic amines is 1. The Hall–Kier alpha value is -2.28. The zero-order valence-corrected chi connectivity index (χ0v) is 20.3. The lowest BCUT2D eigenvalue weighted by Crippen LogP contribution is -2.28. The Morgan fingerprint density at radius 2 is 1.81 bits per heavy atom. The lowest BCUT2D eigenvalue weighted by molar-refractivity contribution is 0.0990. The molecule has 2 aromatic carbocycles. The molecule has 0 radical (unpaired) electrons. The zero-order chi connectivity index (χ0) is 22.1. The fourth-order valence-corrected chi connectivity index (χ4v) is 4.70. The highest BCUT2D eigenvalue weighted by Gasteiger charge is 2.31. The van der Waals surface area contributed by atoms with E-state index in [1.807, 2.05) is 49.4 Å². The molecule has 0 fully saturated rings. The Morgan fingerprint density at radius 3 is 2.52 bits per heavy atom. The van der Waals surface area contributed by atoms with Gasteiger partial charge in [-0.1, -0.05) is 73.8 Å². The number of hydrogen-bond donors (Lipinski definition) is 1. The van der Waals surface area contributed by atoms with Gasteiger partial charge in [0.15, 0.2) is 5.78 Å². The minimum absolute atomic E-state index is 0.0833. The maximum atomic E-state index is 13.6. The maximum absolute atomic E-state index is 13.6. The van der Waals surface area contributed by atoms with E-state index < -0.39 is 15.2 Å². The van der Waals surface area contributed by atoms with Crippen LogP contribution in [0.2, 0.25) is 5.02 Å². The Morgan fingerprint density at radius 1 is 1.06 bits per heavy atom. The number of aromatic nitrogens is 2. The first-order valence-corrected chi connectivity index (χ1v) is 11.7. The Balaban J connectivity index is 1.91. The molecule has 156 valence electrons. The van der Waals surface area contributed by atoms with Crippen molar-refractivity contribution < 1.29 is 4.79 Å². The number of halogens is 3. The third-order valence-electron chi connectivity index (χ3n) is 5.01. The minimum Gasteiger partial charge on any atom is -0.321 e. The van der Waals surface area contributed by atoms with E-state index in [-0.39, 0.29) is 11.3 Å². The smallest absolute Gasteiger partial charge is 0.259 e. The topological polar surface area (TPSA) is 62.8 Å². The second-order valence-corrected chi connectivity index (χ2v) is 9.60. The largest absolute Gasteiger partial charge is 0.321 e. The van der Waals surface area contributed by atoms with E-state index in [2.05, 4.69) is 41.8 Å². The molecule has 4 rings (SSSR count). The normalized spacial score (nSPS) is 13.2. The summed E-state index contributed by atoms with van der Waals surface area (Å²) in [4.78, 5) is 32.8. The summed E-state index contributed by atoms with van der Waals surface area (Å²) in [5.41, 5.74) is 3.32. The van der Waals surface area contributed by atoms with E-state index in [1.54, 1.807) is 24.4 Å². The molecule has 2 heterocycles. The monoisotopic (exact) mass is 558 g/mol. The molecule has 2 aromatic heterocycles. The van der Waals surface area contributed by atoms with Gasteiger partial charge in [0, 0.05) is 27.7 Å². The number of rotatable bonds is 5. The molecule has 7 heteroatoms. The van der Waals surface area contributed by atoms with Crippen molar-refractivity contribution in [2.75, 3.05) is 0 Å². The minimum atomic E-state index is -0.706. The molecule has 0 aliphatic rings. The molecule has 4 aromatic rings. The second kappa shape index (κ2) is 9.07. The van der Waals surface area contributed by atoms with Gasteiger partial charge in [-0.2, -0.15) is 0 Å².